The molecule has 4 aromatic rings. The highest BCUT2D eigenvalue weighted by atomic mass is 16.5. The van der Waals surface area contributed by atoms with Gasteiger partial charge in [0.1, 0.15) is 24.6 Å². The number of hydrogen-bond acceptors (Lipinski definition) is 12. The van der Waals surface area contributed by atoms with Crippen LogP contribution in [0.25, 0.3) is 0 Å². The minimum atomic E-state index is -1.38. The number of β-amino-alcohol motifs (C(OH)–C–C–N with tert-alkyl or cyclic N) is 1. The first-order valence-corrected chi connectivity index (χ1v) is 31.7. The van der Waals surface area contributed by atoms with Crippen molar-refractivity contribution >= 4 is 17.6 Å². The number of nitrogens with one attached hydrogen (secondary N) is 3. The van der Waals surface area contributed by atoms with Crippen molar-refractivity contribution in [2.75, 3.05) is 32.8 Å². The number of hydrogen-bond donors (Lipinski definition) is 11. The van der Waals surface area contributed by atoms with Gasteiger partial charge in [0.2, 0.25) is 5.91 Å². The number of allylic oxidation sites excluding steroid dienone is 5. The van der Waals surface area contributed by atoms with Crippen molar-refractivity contribution in [3.05, 3.63) is 195 Å². The number of rotatable bonds is 11. The predicted molar refractivity (Wildman–Crippen MR) is 347 cm³/mol. The standard InChI is InChI=1S/C73H93N7O8/c1-5-77-63-33-26-49(20-12-19-48-16-7-6-8-17-48)18-9-10-38-88-45-54(24-11-15-46(63)2)58-35-37-73(68(58)85)62-32-31-56(82)40-50-21-13-22-51(39-50)41-60(61(43-79-71(75)76)52-27-29-55(81)30-28-52)65(84)44-78-67-66-53(23-14-25-59(66)69(74)80-70(67)86)42-64(83)47(3)57(62)34-36-72(73,4)87/h6-8,11,13-17,21-30,39,56,58,60-63,65,67-69,77-78,81-82,84-85,87H,2,5,12,18-20,31-38,40-45,74H2,1,3-4H3,(H,80,86)(H4,75,76,79). The number of nitrogens with zero attached hydrogens (tertiary/aromatic N) is 1. The number of Topliss-reactive ketones (excluding diaryl/α,β-unsaturated/α-hetero) is 1. The molecule has 88 heavy (non-hydrogen) atoms. The summed E-state index contributed by atoms with van der Waals surface area (Å²) < 4.78 is 6.38. The van der Waals surface area contributed by atoms with E-state index in [1.165, 1.54) is 11.1 Å². The van der Waals surface area contributed by atoms with Crippen molar-refractivity contribution in [1.29, 1.82) is 0 Å². The van der Waals surface area contributed by atoms with Gasteiger partial charge in [-0.3, -0.25) is 19.9 Å². The monoisotopic (exact) mass is 1200 g/mol. The number of nitrogens with two attached hydrogens (primary N) is 3. The summed E-state index contributed by atoms with van der Waals surface area (Å²) in [6, 6.07) is 29.7. The number of aryl methyl sites for hydroxylation is 1. The van der Waals surface area contributed by atoms with Gasteiger partial charge in [0, 0.05) is 49.2 Å². The molecule has 5 aliphatic rings. The molecule has 1 amide bonds. The number of aliphatic hydroxyl groups is 4. The predicted octanol–water partition coefficient (Wildman–Crippen LogP) is 8.21. The number of phenols is 1. The summed E-state index contributed by atoms with van der Waals surface area (Å²) in [6.07, 6.45) is 11.8. The number of ether oxygens (including phenoxy) is 1. The van der Waals surface area contributed by atoms with E-state index in [1.54, 1.807) is 24.3 Å². The maximum absolute atomic E-state index is 15.3. The van der Waals surface area contributed by atoms with Crippen molar-refractivity contribution in [1.82, 2.24) is 16.0 Å². The third-order valence-corrected chi connectivity index (χ3v) is 19.8. The first-order valence-electron chi connectivity index (χ1n) is 31.7. The van der Waals surface area contributed by atoms with Gasteiger partial charge in [-0.05, 0) is 177 Å². The van der Waals surface area contributed by atoms with Gasteiger partial charge < -0.3 is 58.1 Å². The fourth-order valence-electron chi connectivity index (χ4n) is 15.0. The van der Waals surface area contributed by atoms with E-state index in [-0.39, 0.29) is 56.3 Å². The number of guanidine groups is 1. The number of carbonyl (C=O) groups is 2. The van der Waals surface area contributed by atoms with Crippen LogP contribution in [-0.4, -0.2) is 106 Å². The Labute approximate surface area is 520 Å². The molecular formula is C73H93N7O8. The Morgan fingerprint density at radius 3 is 2.45 bits per heavy atom. The van der Waals surface area contributed by atoms with Crippen molar-refractivity contribution < 1.29 is 39.9 Å². The van der Waals surface area contributed by atoms with Crippen LogP contribution in [0.15, 0.2) is 161 Å². The van der Waals surface area contributed by atoms with E-state index in [0.29, 0.717) is 80.1 Å². The molecule has 15 heteroatoms. The van der Waals surface area contributed by atoms with E-state index in [9.17, 15) is 30.3 Å². The van der Waals surface area contributed by atoms with Crippen LogP contribution < -0.4 is 33.2 Å². The molecule has 1 spiro atoms. The molecule has 12 atom stereocenters. The lowest BCUT2D eigenvalue weighted by Crippen LogP contribution is -2.59. The first kappa shape index (κ1) is 65.5. The molecule has 0 aromatic heterocycles. The topological polar surface area (TPSA) is 271 Å². The second-order valence-electron chi connectivity index (χ2n) is 25.4. The molecule has 12 unspecified atom stereocenters. The number of phenolic OH excluding ortho intramolecular Hbond substituents is 1. The van der Waals surface area contributed by atoms with Crippen LogP contribution >= 0.6 is 0 Å². The zero-order valence-corrected chi connectivity index (χ0v) is 51.6. The number of amides is 1. The number of fused-ring (bicyclic) bond motifs is 4. The smallest absolute Gasteiger partial charge is 0.243 e. The number of ketones is 1. The Balaban J connectivity index is 1.06. The number of aromatic hydroxyl groups is 1. The third kappa shape index (κ3) is 15.5. The van der Waals surface area contributed by atoms with Crippen LogP contribution in [0.2, 0.25) is 0 Å². The number of benzene rings is 4. The summed E-state index contributed by atoms with van der Waals surface area (Å²) in [5, 5.41) is 71.4. The number of likely N-dealkylation sites (N-methyl/N-ethyl adjacent to an activating group) is 1. The van der Waals surface area contributed by atoms with Gasteiger partial charge in [0.05, 0.1) is 30.5 Å². The lowest BCUT2D eigenvalue weighted by atomic mass is 9.52. The van der Waals surface area contributed by atoms with Crippen molar-refractivity contribution in [2.24, 2.45) is 45.4 Å². The molecular weight excluding hydrogens is 1100 g/mol. The molecule has 2 aliphatic carbocycles. The average Bonchev–Trinajstić information content (AvgIpc) is 1.44. The van der Waals surface area contributed by atoms with Crippen molar-refractivity contribution in [3.63, 3.8) is 0 Å². The number of carbonyl (C=O) groups excluding carboxylic acids is 2. The van der Waals surface area contributed by atoms with E-state index >= 15 is 4.79 Å². The summed E-state index contributed by atoms with van der Waals surface area (Å²) in [7, 11) is 0. The van der Waals surface area contributed by atoms with Crippen LogP contribution in [0.3, 0.4) is 0 Å². The van der Waals surface area contributed by atoms with E-state index in [2.05, 4.69) is 76.6 Å². The molecule has 0 radical (unpaired) electrons. The second-order valence-corrected chi connectivity index (χ2v) is 25.4. The van der Waals surface area contributed by atoms with Crippen LogP contribution in [-0.2, 0) is 40.0 Å². The maximum atomic E-state index is 15.3. The molecule has 3 aliphatic heterocycles. The zero-order valence-electron chi connectivity index (χ0n) is 51.6. The van der Waals surface area contributed by atoms with Crippen LogP contribution in [0.4, 0.5) is 0 Å². The summed E-state index contributed by atoms with van der Waals surface area (Å²) >= 11 is 0. The fourth-order valence-corrected chi connectivity index (χ4v) is 15.0. The van der Waals surface area contributed by atoms with Gasteiger partial charge in [0.25, 0.3) is 0 Å². The Hall–Kier alpha value is -6.97. The summed E-state index contributed by atoms with van der Waals surface area (Å²) in [5.41, 5.74) is 26.1. The van der Waals surface area contributed by atoms with Gasteiger partial charge in [-0.25, -0.2) is 0 Å². The van der Waals surface area contributed by atoms with Gasteiger partial charge in [0.15, 0.2) is 11.7 Å². The molecule has 15 nitrogen and oxygen atoms in total. The Morgan fingerprint density at radius 1 is 0.932 bits per heavy atom. The molecule has 2 bridgehead atoms. The first-order chi connectivity index (χ1) is 42.4. The molecule has 2 fully saturated rings. The largest absolute Gasteiger partial charge is 0.508 e. The van der Waals surface area contributed by atoms with E-state index in [0.717, 1.165) is 65.6 Å². The molecule has 4 aromatic carbocycles. The SMILES string of the molecule is C=C1C=CC=C(C2CCC3(C4CCC(O)Cc5cccc(c5)CC(C(CN=C(N)N)c5ccc(O)cc5)C(O)CNC5C(=O)NC(N)c6cccc(c65)CC(=O)C(C)=C4CCC3(C)O)C2O)COCC#CCC(CCCc2ccccc2)=CCC1NCC. The zero-order chi connectivity index (χ0) is 62.5. The minimum absolute atomic E-state index is 0.00160. The molecule has 468 valence electrons. The summed E-state index contributed by atoms with van der Waals surface area (Å²) in [6.45, 7) is 11.5. The highest BCUT2D eigenvalue weighted by Crippen LogP contribution is 2.63. The number of aliphatic imine (C=N–C) groups is 1. The van der Waals surface area contributed by atoms with Gasteiger partial charge in [-0.15, -0.1) is 0 Å². The van der Waals surface area contributed by atoms with Crippen LogP contribution in [0, 0.1) is 35.0 Å². The van der Waals surface area contributed by atoms with Crippen LogP contribution in [0.5, 0.6) is 5.75 Å². The lowest BCUT2D eigenvalue weighted by molar-refractivity contribution is -0.168. The quantitative estimate of drug-likeness (QED) is 0.0293. The Kier molecular flexibility index (Phi) is 22.3. The third-order valence-electron chi connectivity index (χ3n) is 19.8. The van der Waals surface area contributed by atoms with E-state index < -0.39 is 71.1 Å². The summed E-state index contributed by atoms with van der Waals surface area (Å²) in [4.78, 5) is 34.0. The van der Waals surface area contributed by atoms with Gasteiger partial charge in [-0.2, -0.15) is 0 Å². The second kappa shape index (κ2) is 30.0. The molecule has 3 heterocycles. The Bertz CT molecular complexity index is 3320. The highest BCUT2D eigenvalue weighted by molar-refractivity contribution is 5.98. The minimum Gasteiger partial charge on any atom is -0.508 e. The fraction of sp³-hybridized carbons (Fsp3) is 0.466. The van der Waals surface area contributed by atoms with E-state index in [1.807, 2.05) is 80.6 Å². The van der Waals surface area contributed by atoms with Crippen molar-refractivity contribution in [2.45, 2.75) is 159 Å². The molecule has 14 N–H and O–H groups in total. The van der Waals surface area contributed by atoms with Gasteiger partial charge in [-0.1, -0.05) is 146 Å². The average molecular weight is 1200 g/mol. The van der Waals surface area contributed by atoms with E-state index in [4.69, 9.17) is 21.9 Å². The normalized spacial score (nSPS) is 29.0. The van der Waals surface area contributed by atoms with Crippen molar-refractivity contribution in [3.8, 4) is 17.6 Å². The molecule has 9 rings (SSSR count). The molecule has 2 saturated carbocycles. The lowest BCUT2D eigenvalue weighted by Gasteiger charge is -2.56. The number of aliphatic hydroxyl groups excluding tert-OH is 3. The van der Waals surface area contributed by atoms with Crippen LogP contribution in [0.1, 0.15) is 142 Å². The molecule has 0 saturated heterocycles. The Morgan fingerprint density at radius 2 is 1.69 bits per heavy atom. The maximum Gasteiger partial charge on any atom is 0.243 e. The van der Waals surface area contributed by atoms with Gasteiger partial charge >= 0.3 is 0 Å². The summed E-state index contributed by atoms with van der Waals surface area (Å²) in [5.74, 6) is 4.07. The highest BCUT2D eigenvalue weighted by Gasteiger charge is 2.64.